The number of aromatic nitrogens is 2. The van der Waals surface area contributed by atoms with Gasteiger partial charge in [0.25, 0.3) is 15.9 Å². The molecule has 2 N–H and O–H groups in total. The third kappa shape index (κ3) is 4.68. The van der Waals surface area contributed by atoms with E-state index >= 15 is 0 Å². The predicted molar refractivity (Wildman–Crippen MR) is 106 cm³/mol. The van der Waals surface area contributed by atoms with Crippen LogP contribution in [0.1, 0.15) is 17.3 Å². The Balaban J connectivity index is 1.69. The van der Waals surface area contributed by atoms with Crippen molar-refractivity contribution >= 4 is 27.3 Å². The molecule has 0 atom stereocenters. The number of nitrogens with one attached hydrogen (secondary N) is 2. The summed E-state index contributed by atoms with van der Waals surface area (Å²) in [5.74, 6) is 0.311. The standard InChI is InChI=1S/C19H20N4O4S/c1-3-27-17-8-6-15(7-9-17)22-28(25,26)18-10-4-14(5-11-18)19(24)21-16-12-20-23(2)13-16/h4-13,22H,3H2,1-2H3,(H,21,24). The third-order valence-corrected chi connectivity index (χ3v) is 5.20. The number of hydrogen-bond donors (Lipinski definition) is 2. The molecule has 0 spiro atoms. The van der Waals surface area contributed by atoms with Crippen molar-refractivity contribution in [1.29, 1.82) is 0 Å². The molecule has 146 valence electrons. The Morgan fingerprint density at radius 2 is 1.75 bits per heavy atom. The van der Waals surface area contributed by atoms with E-state index in [-0.39, 0.29) is 10.8 Å². The number of carbonyl (C=O) groups is 1. The van der Waals surface area contributed by atoms with Gasteiger partial charge in [-0.2, -0.15) is 5.10 Å². The van der Waals surface area contributed by atoms with Crippen LogP contribution in [0.5, 0.6) is 5.75 Å². The normalized spacial score (nSPS) is 11.1. The lowest BCUT2D eigenvalue weighted by atomic mass is 10.2. The smallest absolute Gasteiger partial charge is 0.261 e. The number of nitrogens with zero attached hydrogens (tertiary/aromatic N) is 2. The van der Waals surface area contributed by atoms with E-state index in [1.54, 1.807) is 42.2 Å². The SMILES string of the molecule is CCOc1ccc(NS(=O)(=O)c2ccc(C(=O)Nc3cnn(C)c3)cc2)cc1. The van der Waals surface area contributed by atoms with E-state index in [1.807, 2.05) is 6.92 Å². The number of benzene rings is 2. The fraction of sp³-hybridized carbons (Fsp3) is 0.158. The molecular formula is C19H20N4O4S. The highest BCUT2D eigenvalue weighted by Crippen LogP contribution is 2.20. The molecule has 0 aliphatic rings. The molecule has 0 bridgehead atoms. The van der Waals surface area contributed by atoms with Crippen LogP contribution < -0.4 is 14.8 Å². The number of aryl methyl sites for hydroxylation is 1. The minimum atomic E-state index is -3.77. The Morgan fingerprint density at radius 1 is 1.07 bits per heavy atom. The lowest BCUT2D eigenvalue weighted by Crippen LogP contribution is -2.14. The molecule has 1 amide bonds. The summed E-state index contributed by atoms with van der Waals surface area (Å²) in [5, 5.41) is 6.67. The van der Waals surface area contributed by atoms with Crippen molar-refractivity contribution in [2.45, 2.75) is 11.8 Å². The quantitative estimate of drug-likeness (QED) is 0.635. The summed E-state index contributed by atoms with van der Waals surface area (Å²) in [4.78, 5) is 12.3. The second-order valence-electron chi connectivity index (χ2n) is 5.94. The van der Waals surface area contributed by atoms with E-state index in [0.717, 1.165) is 0 Å². The average molecular weight is 400 g/mol. The molecule has 3 aromatic rings. The monoisotopic (exact) mass is 400 g/mol. The summed E-state index contributed by atoms with van der Waals surface area (Å²) in [7, 11) is -2.03. The van der Waals surface area contributed by atoms with E-state index in [9.17, 15) is 13.2 Å². The fourth-order valence-corrected chi connectivity index (χ4v) is 3.53. The second kappa shape index (κ2) is 8.13. The van der Waals surface area contributed by atoms with Gasteiger partial charge in [0.15, 0.2) is 0 Å². The molecule has 28 heavy (non-hydrogen) atoms. The molecule has 3 rings (SSSR count). The molecule has 1 aromatic heterocycles. The fourth-order valence-electron chi connectivity index (χ4n) is 2.47. The maximum Gasteiger partial charge on any atom is 0.261 e. The van der Waals surface area contributed by atoms with Crippen LogP contribution in [-0.4, -0.2) is 30.7 Å². The average Bonchev–Trinajstić information content (AvgIpc) is 3.08. The Bertz CT molecular complexity index is 1060. The highest BCUT2D eigenvalue weighted by atomic mass is 32.2. The zero-order valence-corrected chi connectivity index (χ0v) is 16.2. The first-order valence-corrected chi connectivity index (χ1v) is 10.0. The molecule has 0 fully saturated rings. The summed E-state index contributed by atoms with van der Waals surface area (Å²) in [6.07, 6.45) is 3.19. The molecule has 0 radical (unpaired) electrons. The van der Waals surface area contributed by atoms with Gasteiger partial charge in [-0.15, -0.1) is 0 Å². The lowest BCUT2D eigenvalue weighted by molar-refractivity contribution is 0.102. The minimum Gasteiger partial charge on any atom is -0.494 e. The van der Waals surface area contributed by atoms with Gasteiger partial charge in [0.2, 0.25) is 0 Å². The Labute approximate surface area is 163 Å². The van der Waals surface area contributed by atoms with E-state index in [0.29, 0.717) is 29.3 Å². The van der Waals surface area contributed by atoms with Crippen LogP contribution in [0.2, 0.25) is 0 Å². The highest BCUT2D eigenvalue weighted by Gasteiger charge is 2.15. The van der Waals surface area contributed by atoms with Gasteiger partial charge >= 0.3 is 0 Å². The zero-order valence-electron chi connectivity index (χ0n) is 15.4. The van der Waals surface area contributed by atoms with E-state index in [4.69, 9.17) is 4.74 Å². The van der Waals surface area contributed by atoms with E-state index in [2.05, 4.69) is 15.1 Å². The predicted octanol–water partition coefficient (Wildman–Crippen LogP) is 2.87. The Morgan fingerprint density at radius 3 is 2.32 bits per heavy atom. The van der Waals surface area contributed by atoms with Crippen LogP contribution in [-0.2, 0) is 17.1 Å². The molecule has 9 heteroatoms. The van der Waals surface area contributed by atoms with Crippen LogP contribution in [0.25, 0.3) is 0 Å². The highest BCUT2D eigenvalue weighted by molar-refractivity contribution is 7.92. The van der Waals surface area contributed by atoms with E-state index < -0.39 is 10.0 Å². The van der Waals surface area contributed by atoms with Crippen LogP contribution >= 0.6 is 0 Å². The summed E-state index contributed by atoms with van der Waals surface area (Å²) < 4.78 is 34.5. The van der Waals surface area contributed by atoms with Gasteiger partial charge in [0.1, 0.15) is 5.75 Å². The van der Waals surface area contributed by atoms with Crippen molar-refractivity contribution in [3.8, 4) is 5.75 Å². The van der Waals surface area contributed by atoms with Crippen molar-refractivity contribution in [2.24, 2.45) is 7.05 Å². The van der Waals surface area contributed by atoms with Crippen LogP contribution in [0.4, 0.5) is 11.4 Å². The topological polar surface area (TPSA) is 102 Å². The van der Waals surface area contributed by atoms with Gasteiger partial charge in [-0.1, -0.05) is 0 Å². The molecule has 0 aliphatic carbocycles. The summed E-state index contributed by atoms with van der Waals surface area (Å²) in [6.45, 7) is 2.41. The van der Waals surface area contributed by atoms with Crippen molar-refractivity contribution in [2.75, 3.05) is 16.6 Å². The molecule has 0 saturated carbocycles. The first kappa shape index (κ1) is 19.4. The van der Waals surface area contributed by atoms with Gasteiger partial charge < -0.3 is 10.1 Å². The van der Waals surface area contributed by atoms with Crippen LogP contribution in [0, 0.1) is 0 Å². The molecule has 0 unspecified atom stereocenters. The molecule has 0 saturated heterocycles. The number of carbonyl (C=O) groups excluding carboxylic acids is 1. The van der Waals surface area contributed by atoms with Gasteiger partial charge in [0, 0.05) is 24.5 Å². The molecular weight excluding hydrogens is 380 g/mol. The Kier molecular flexibility index (Phi) is 5.65. The zero-order chi connectivity index (χ0) is 20.1. The number of anilines is 2. The van der Waals surface area contributed by atoms with Crippen molar-refractivity contribution in [3.63, 3.8) is 0 Å². The molecule has 0 aliphatic heterocycles. The number of hydrogen-bond acceptors (Lipinski definition) is 5. The van der Waals surface area contributed by atoms with Gasteiger partial charge in [-0.05, 0) is 55.5 Å². The molecule has 8 nitrogen and oxygen atoms in total. The summed E-state index contributed by atoms with van der Waals surface area (Å²) >= 11 is 0. The lowest BCUT2D eigenvalue weighted by Gasteiger charge is -2.10. The van der Waals surface area contributed by atoms with Crippen LogP contribution in [0.3, 0.4) is 0 Å². The van der Waals surface area contributed by atoms with Gasteiger partial charge in [0.05, 0.1) is 23.4 Å². The Hall–Kier alpha value is -3.33. The van der Waals surface area contributed by atoms with Gasteiger partial charge in [-0.3, -0.25) is 14.2 Å². The second-order valence-corrected chi connectivity index (χ2v) is 7.63. The first-order chi connectivity index (χ1) is 13.4. The largest absolute Gasteiger partial charge is 0.494 e. The van der Waals surface area contributed by atoms with E-state index in [1.165, 1.54) is 30.5 Å². The number of rotatable bonds is 7. The number of sulfonamides is 1. The van der Waals surface area contributed by atoms with Crippen LogP contribution in [0.15, 0.2) is 65.8 Å². The maximum atomic E-state index is 12.5. The summed E-state index contributed by atoms with van der Waals surface area (Å²) in [5.41, 5.74) is 1.31. The first-order valence-electron chi connectivity index (χ1n) is 8.53. The van der Waals surface area contributed by atoms with Gasteiger partial charge in [-0.25, -0.2) is 8.42 Å². The summed E-state index contributed by atoms with van der Waals surface area (Å²) in [6, 6.07) is 12.3. The minimum absolute atomic E-state index is 0.0549. The van der Waals surface area contributed by atoms with Crippen molar-refractivity contribution in [3.05, 3.63) is 66.5 Å². The van der Waals surface area contributed by atoms with Crippen molar-refractivity contribution in [1.82, 2.24) is 9.78 Å². The third-order valence-electron chi connectivity index (χ3n) is 3.81. The maximum absolute atomic E-state index is 12.5. The molecule has 1 heterocycles. The van der Waals surface area contributed by atoms with Crippen molar-refractivity contribution < 1.29 is 17.9 Å². The molecule has 2 aromatic carbocycles. The number of ether oxygens (including phenoxy) is 1. The number of amides is 1.